The van der Waals surface area contributed by atoms with Gasteiger partial charge in [-0.2, -0.15) is 4.98 Å². The van der Waals surface area contributed by atoms with Gasteiger partial charge in [0.1, 0.15) is 11.3 Å². The lowest BCUT2D eigenvalue weighted by Gasteiger charge is -2.11. The normalized spacial score (nSPS) is 11.2. The molecule has 0 radical (unpaired) electrons. The van der Waals surface area contributed by atoms with Crippen molar-refractivity contribution in [1.82, 2.24) is 24.4 Å². The summed E-state index contributed by atoms with van der Waals surface area (Å²) in [5.74, 6) is 0.304. The van der Waals surface area contributed by atoms with Crippen LogP contribution in [0.15, 0.2) is 97.5 Å². The maximum absolute atomic E-state index is 12.9. The minimum absolute atomic E-state index is 0.233. The number of hydrogen-bond donors (Lipinski definition) is 3. The lowest BCUT2D eigenvalue weighted by Crippen LogP contribution is -2.13. The van der Waals surface area contributed by atoms with Crippen molar-refractivity contribution in [3.8, 4) is 5.82 Å². The molecule has 0 saturated carbocycles. The van der Waals surface area contributed by atoms with Crippen molar-refractivity contribution in [2.45, 2.75) is 0 Å². The van der Waals surface area contributed by atoms with Gasteiger partial charge in [0.2, 0.25) is 11.9 Å². The van der Waals surface area contributed by atoms with Crippen molar-refractivity contribution < 1.29 is 9.59 Å². The van der Waals surface area contributed by atoms with E-state index in [0.29, 0.717) is 46.0 Å². The predicted molar refractivity (Wildman–Crippen MR) is 162 cm³/mol. The zero-order valence-corrected chi connectivity index (χ0v) is 23.1. The molecule has 2 aromatic heterocycles. The maximum Gasteiger partial charge on any atom is 0.255 e. The third-order valence-corrected chi connectivity index (χ3v) is 6.20. The summed E-state index contributed by atoms with van der Waals surface area (Å²) in [7, 11) is 3.85. The van der Waals surface area contributed by atoms with E-state index in [4.69, 9.17) is 11.6 Å². The first-order valence-electron chi connectivity index (χ1n) is 12.7. The molecular formula is C30H27ClN8O2. The number of nitrogens with zero attached hydrogens (tertiary/aromatic N) is 5. The van der Waals surface area contributed by atoms with Crippen molar-refractivity contribution in [1.29, 1.82) is 0 Å². The second-order valence-corrected chi connectivity index (χ2v) is 9.77. The first-order valence-corrected chi connectivity index (χ1v) is 13.1. The van der Waals surface area contributed by atoms with Gasteiger partial charge in [-0.05, 0) is 68.7 Å². The fourth-order valence-corrected chi connectivity index (χ4v) is 4.16. The van der Waals surface area contributed by atoms with E-state index in [9.17, 15) is 9.59 Å². The molecule has 11 heteroatoms. The fourth-order valence-electron chi connectivity index (χ4n) is 3.98. The van der Waals surface area contributed by atoms with E-state index in [1.807, 2.05) is 49.3 Å². The summed E-state index contributed by atoms with van der Waals surface area (Å²) in [6.07, 6.45) is 6.46. The summed E-state index contributed by atoms with van der Waals surface area (Å²) in [5, 5.41) is 9.21. The quantitative estimate of drug-likeness (QED) is 0.201. The molecule has 3 N–H and O–H groups in total. The zero-order valence-electron chi connectivity index (χ0n) is 22.4. The van der Waals surface area contributed by atoms with Gasteiger partial charge in [0.15, 0.2) is 5.82 Å². The highest BCUT2D eigenvalue weighted by Gasteiger charge is 2.12. The molecule has 5 rings (SSSR count). The molecule has 206 valence electrons. The lowest BCUT2D eigenvalue weighted by molar-refractivity contribution is -0.111. The van der Waals surface area contributed by atoms with Crippen LogP contribution in [0, 0.1) is 0 Å². The number of amides is 2. The number of hydrogen-bond acceptors (Lipinski definition) is 7. The highest BCUT2D eigenvalue weighted by atomic mass is 35.5. The lowest BCUT2D eigenvalue weighted by atomic mass is 10.2. The van der Waals surface area contributed by atoms with Gasteiger partial charge in [0.05, 0.1) is 17.2 Å². The SMILES string of the molecule is CN(C)CC=CC(=O)Nc1ccc(C(=O)Nc2cccc(Nc3ncc(Cl)c(-n4cnc5ccccc54)n3)c2)cc1. The van der Waals surface area contributed by atoms with Crippen LogP contribution in [-0.2, 0) is 4.79 Å². The molecule has 0 aliphatic carbocycles. The number of para-hydroxylation sites is 2. The number of fused-ring (bicyclic) bond motifs is 1. The van der Waals surface area contributed by atoms with Gasteiger partial charge in [-0.1, -0.05) is 35.9 Å². The Morgan fingerprint density at radius 1 is 0.927 bits per heavy atom. The molecule has 0 spiro atoms. The van der Waals surface area contributed by atoms with Crippen molar-refractivity contribution >= 4 is 57.5 Å². The van der Waals surface area contributed by atoms with Gasteiger partial charge in [0, 0.05) is 35.2 Å². The molecule has 10 nitrogen and oxygen atoms in total. The summed E-state index contributed by atoms with van der Waals surface area (Å²) in [4.78, 5) is 40.2. The van der Waals surface area contributed by atoms with E-state index in [1.54, 1.807) is 59.4 Å². The third kappa shape index (κ3) is 6.93. The summed E-state index contributed by atoms with van der Waals surface area (Å²) in [5.41, 5.74) is 3.99. The molecule has 5 aromatic rings. The molecule has 0 aliphatic heterocycles. The molecule has 41 heavy (non-hydrogen) atoms. The number of benzene rings is 3. The van der Waals surface area contributed by atoms with Gasteiger partial charge < -0.3 is 20.9 Å². The Kier molecular flexibility index (Phi) is 8.33. The number of carbonyl (C=O) groups is 2. The van der Waals surface area contributed by atoms with Crippen LogP contribution in [0.5, 0.6) is 0 Å². The fraction of sp³-hybridized carbons (Fsp3) is 0.100. The number of rotatable bonds is 9. The number of imidazole rings is 1. The molecule has 0 atom stereocenters. The van der Waals surface area contributed by atoms with E-state index in [-0.39, 0.29) is 11.8 Å². The number of likely N-dealkylation sites (N-methyl/N-ethyl adjacent to an activating group) is 1. The average molecular weight is 567 g/mol. The monoisotopic (exact) mass is 566 g/mol. The van der Waals surface area contributed by atoms with E-state index >= 15 is 0 Å². The Balaban J connectivity index is 1.24. The summed E-state index contributed by atoms with van der Waals surface area (Å²) < 4.78 is 1.81. The third-order valence-electron chi connectivity index (χ3n) is 5.94. The molecule has 2 heterocycles. The Morgan fingerprint density at radius 2 is 1.71 bits per heavy atom. The second kappa shape index (κ2) is 12.4. The van der Waals surface area contributed by atoms with Gasteiger partial charge in [-0.3, -0.25) is 14.2 Å². The molecule has 0 fully saturated rings. The minimum Gasteiger partial charge on any atom is -0.324 e. The zero-order chi connectivity index (χ0) is 28.8. The number of aromatic nitrogens is 4. The molecule has 0 unspecified atom stereocenters. The van der Waals surface area contributed by atoms with E-state index in [0.717, 1.165) is 11.0 Å². The van der Waals surface area contributed by atoms with Crippen molar-refractivity contribution in [3.05, 3.63) is 108 Å². The summed E-state index contributed by atoms with van der Waals surface area (Å²) in [6.45, 7) is 0.667. The van der Waals surface area contributed by atoms with Gasteiger partial charge in [-0.15, -0.1) is 0 Å². The largest absolute Gasteiger partial charge is 0.324 e. The van der Waals surface area contributed by atoms with Crippen LogP contribution in [0.25, 0.3) is 16.9 Å². The molecule has 3 aromatic carbocycles. The molecule has 0 saturated heterocycles. The van der Waals surface area contributed by atoms with E-state index < -0.39 is 0 Å². The smallest absolute Gasteiger partial charge is 0.255 e. The highest BCUT2D eigenvalue weighted by molar-refractivity contribution is 6.32. The Labute approximate surface area is 241 Å². The predicted octanol–water partition coefficient (Wildman–Crippen LogP) is 5.52. The number of carbonyl (C=O) groups excluding carboxylic acids is 2. The van der Waals surface area contributed by atoms with Gasteiger partial charge >= 0.3 is 0 Å². The van der Waals surface area contributed by atoms with Crippen molar-refractivity contribution in [2.75, 3.05) is 36.6 Å². The Hall–Kier alpha value is -5.06. The van der Waals surface area contributed by atoms with Gasteiger partial charge in [0.25, 0.3) is 5.91 Å². The van der Waals surface area contributed by atoms with Crippen LogP contribution >= 0.6 is 11.6 Å². The number of nitrogens with one attached hydrogen (secondary N) is 3. The summed E-state index contributed by atoms with van der Waals surface area (Å²) >= 11 is 6.42. The van der Waals surface area contributed by atoms with Crippen LogP contribution in [-0.4, -0.2) is 56.9 Å². The molecular weight excluding hydrogens is 540 g/mol. The van der Waals surface area contributed by atoms with Crippen LogP contribution in [0.1, 0.15) is 10.4 Å². The second-order valence-electron chi connectivity index (χ2n) is 9.36. The molecule has 0 aliphatic rings. The highest BCUT2D eigenvalue weighted by Crippen LogP contribution is 2.25. The topological polar surface area (TPSA) is 117 Å². The Morgan fingerprint density at radius 3 is 2.51 bits per heavy atom. The van der Waals surface area contributed by atoms with Crippen LogP contribution in [0.3, 0.4) is 0 Å². The van der Waals surface area contributed by atoms with Gasteiger partial charge in [-0.25, -0.2) is 9.97 Å². The first kappa shape index (κ1) is 27.5. The first-order chi connectivity index (χ1) is 19.9. The molecule has 0 bridgehead atoms. The van der Waals surface area contributed by atoms with E-state index in [1.165, 1.54) is 12.3 Å². The average Bonchev–Trinajstić information content (AvgIpc) is 3.38. The maximum atomic E-state index is 12.9. The molecule has 2 amide bonds. The summed E-state index contributed by atoms with van der Waals surface area (Å²) in [6, 6.07) is 21.6. The van der Waals surface area contributed by atoms with E-state index in [2.05, 4.69) is 30.9 Å². The van der Waals surface area contributed by atoms with Crippen LogP contribution < -0.4 is 16.0 Å². The Bertz CT molecular complexity index is 1730. The minimum atomic E-state index is -0.289. The number of anilines is 4. The van der Waals surface area contributed by atoms with Crippen LogP contribution in [0.4, 0.5) is 23.0 Å². The van der Waals surface area contributed by atoms with Crippen LogP contribution in [0.2, 0.25) is 5.02 Å². The standard InChI is InChI=1S/C30H27ClN8O2/c1-38(2)16-6-11-27(40)34-21-14-12-20(13-15-21)29(41)35-22-7-5-8-23(17-22)36-30-32-18-24(31)28(37-30)39-19-33-25-9-3-4-10-26(25)39/h3-15,17-19H,16H2,1-2H3,(H,34,40)(H,35,41)(H,32,36,37). The van der Waals surface area contributed by atoms with Crippen molar-refractivity contribution in [2.24, 2.45) is 0 Å². The number of halogens is 1. The van der Waals surface area contributed by atoms with Crippen molar-refractivity contribution in [3.63, 3.8) is 0 Å².